The lowest BCUT2D eigenvalue weighted by molar-refractivity contribution is 0.0355. The van der Waals surface area contributed by atoms with Crippen LogP contribution in [0.15, 0.2) is 12.3 Å². The lowest BCUT2D eigenvalue weighted by Gasteiger charge is -2.26. The molecule has 0 aromatic heterocycles. The van der Waals surface area contributed by atoms with Crippen molar-refractivity contribution in [3.8, 4) is 0 Å². The van der Waals surface area contributed by atoms with Crippen molar-refractivity contribution in [2.45, 2.75) is 33.3 Å². The van der Waals surface area contributed by atoms with Gasteiger partial charge in [0.15, 0.2) is 0 Å². The van der Waals surface area contributed by atoms with Crippen molar-refractivity contribution in [3.63, 3.8) is 0 Å². The second kappa shape index (κ2) is 5.25. The summed E-state index contributed by atoms with van der Waals surface area (Å²) >= 11 is 0. The van der Waals surface area contributed by atoms with Gasteiger partial charge in [-0.25, -0.2) is 5.01 Å². The average molecular weight is 186 g/mol. The van der Waals surface area contributed by atoms with Crippen LogP contribution >= 0.6 is 0 Å². The van der Waals surface area contributed by atoms with Crippen molar-refractivity contribution >= 4 is 0 Å². The first kappa shape index (κ1) is 12.5. The fourth-order valence-electron chi connectivity index (χ4n) is 1.03. The van der Waals surface area contributed by atoms with Crippen LogP contribution in [0.3, 0.4) is 0 Å². The van der Waals surface area contributed by atoms with Gasteiger partial charge in [-0.1, -0.05) is 13.5 Å². The first-order chi connectivity index (χ1) is 5.89. The molecule has 0 spiro atoms. The third-order valence-electron chi connectivity index (χ3n) is 1.52. The summed E-state index contributed by atoms with van der Waals surface area (Å²) in [6, 6.07) is 0. The van der Waals surface area contributed by atoms with Crippen molar-refractivity contribution in [1.29, 1.82) is 0 Å². The van der Waals surface area contributed by atoms with Gasteiger partial charge in [-0.3, -0.25) is 5.43 Å². The maximum atomic E-state index is 5.60. The molecule has 0 fully saturated rings. The Morgan fingerprint density at radius 1 is 1.46 bits per heavy atom. The Labute approximate surface area is 81.7 Å². The standard InChI is InChI=1S/C10H22N2O/c1-7-12(11-6)8-9(2)13-10(3,4)5/h11H,2,7-8H2,1,3-6H3. The van der Waals surface area contributed by atoms with E-state index < -0.39 is 0 Å². The Morgan fingerprint density at radius 3 is 2.31 bits per heavy atom. The summed E-state index contributed by atoms with van der Waals surface area (Å²) < 4.78 is 5.60. The molecule has 0 saturated heterocycles. The Kier molecular flexibility index (Phi) is 5.03. The van der Waals surface area contributed by atoms with Crippen molar-refractivity contribution in [2.24, 2.45) is 0 Å². The largest absolute Gasteiger partial charge is 0.492 e. The summed E-state index contributed by atoms with van der Waals surface area (Å²) in [5, 5.41) is 2.04. The Hall–Kier alpha value is -0.540. The number of ether oxygens (including phenoxy) is 1. The molecule has 0 radical (unpaired) electrons. The van der Waals surface area contributed by atoms with Crippen molar-refractivity contribution in [2.75, 3.05) is 20.1 Å². The summed E-state index contributed by atoms with van der Waals surface area (Å²) in [6.45, 7) is 13.7. The quantitative estimate of drug-likeness (QED) is 0.523. The molecule has 0 aliphatic rings. The lowest BCUT2D eigenvalue weighted by atomic mass is 10.2. The summed E-state index contributed by atoms with van der Waals surface area (Å²) in [5.74, 6) is 0.795. The number of hydrogen-bond donors (Lipinski definition) is 1. The second-order valence-electron chi connectivity index (χ2n) is 3.99. The molecule has 3 nitrogen and oxygen atoms in total. The van der Waals surface area contributed by atoms with Gasteiger partial charge in [0.05, 0.1) is 6.54 Å². The monoisotopic (exact) mass is 186 g/mol. The topological polar surface area (TPSA) is 24.5 Å². The molecular formula is C10H22N2O. The third kappa shape index (κ3) is 6.61. The fraction of sp³-hybridized carbons (Fsp3) is 0.800. The van der Waals surface area contributed by atoms with Crippen LogP contribution in [0, 0.1) is 0 Å². The van der Waals surface area contributed by atoms with Gasteiger partial charge in [0, 0.05) is 6.54 Å². The van der Waals surface area contributed by atoms with E-state index in [1.54, 1.807) is 0 Å². The van der Waals surface area contributed by atoms with Crippen LogP contribution in [0.1, 0.15) is 27.7 Å². The zero-order valence-corrected chi connectivity index (χ0v) is 9.48. The highest BCUT2D eigenvalue weighted by molar-refractivity contribution is 4.88. The minimum Gasteiger partial charge on any atom is -0.492 e. The Morgan fingerprint density at radius 2 is 2.00 bits per heavy atom. The van der Waals surface area contributed by atoms with Crippen LogP contribution in [0.2, 0.25) is 0 Å². The summed E-state index contributed by atoms with van der Waals surface area (Å²) in [4.78, 5) is 0. The summed E-state index contributed by atoms with van der Waals surface area (Å²) in [7, 11) is 1.90. The van der Waals surface area contributed by atoms with E-state index in [0.29, 0.717) is 0 Å². The van der Waals surface area contributed by atoms with E-state index in [0.717, 1.165) is 18.8 Å². The molecule has 1 N–H and O–H groups in total. The van der Waals surface area contributed by atoms with E-state index in [4.69, 9.17) is 4.74 Å². The van der Waals surface area contributed by atoms with Crippen LogP contribution in [0.5, 0.6) is 0 Å². The van der Waals surface area contributed by atoms with E-state index in [1.165, 1.54) is 0 Å². The molecule has 0 saturated carbocycles. The maximum absolute atomic E-state index is 5.60. The molecule has 0 aliphatic carbocycles. The molecule has 3 heteroatoms. The molecule has 0 atom stereocenters. The molecule has 0 aliphatic heterocycles. The molecule has 0 aromatic rings. The van der Waals surface area contributed by atoms with Crippen LogP contribution in [-0.4, -0.2) is 30.7 Å². The van der Waals surface area contributed by atoms with Gasteiger partial charge in [0.25, 0.3) is 0 Å². The molecule has 0 aromatic carbocycles. The molecule has 0 unspecified atom stereocenters. The lowest BCUT2D eigenvalue weighted by Crippen LogP contribution is -2.37. The molecule has 78 valence electrons. The maximum Gasteiger partial charge on any atom is 0.105 e. The predicted octanol–water partition coefficient (Wildman–Crippen LogP) is 1.77. The number of hydrazine groups is 1. The predicted molar refractivity (Wildman–Crippen MR) is 56.3 cm³/mol. The van der Waals surface area contributed by atoms with E-state index in [9.17, 15) is 0 Å². The van der Waals surface area contributed by atoms with E-state index in [1.807, 2.05) is 32.8 Å². The normalized spacial score (nSPS) is 11.8. The van der Waals surface area contributed by atoms with Gasteiger partial charge >= 0.3 is 0 Å². The average Bonchev–Trinajstić information content (AvgIpc) is 1.96. The minimum atomic E-state index is -0.149. The second-order valence-corrected chi connectivity index (χ2v) is 3.99. The SMILES string of the molecule is C=C(CN(CC)NC)OC(C)(C)C. The molecular weight excluding hydrogens is 164 g/mol. The molecule has 0 bridgehead atoms. The van der Waals surface area contributed by atoms with E-state index in [2.05, 4.69) is 18.9 Å². The minimum absolute atomic E-state index is 0.149. The number of hydrogen-bond acceptors (Lipinski definition) is 3. The molecule has 0 amide bonds. The Bertz CT molecular complexity index is 157. The van der Waals surface area contributed by atoms with E-state index in [-0.39, 0.29) is 5.60 Å². The van der Waals surface area contributed by atoms with Crippen molar-refractivity contribution < 1.29 is 4.74 Å². The number of rotatable bonds is 5. The van der Waals surface area contributed by atoms with Crippen LogP contribution in [0.4, 0.5) is 0 Å². The van der Waals surface area contributed by atoms with Crippen LogP contribution in [0.25, 0.3) is 0 Å². The molecule has 0 heterocycles. The van der Waals surface area contributed by atoms with Gasteiger partial charge in [0.1, 0.15) is 11.4 Å². The zero-order chi connectivity index (χ0) is 10.5. The van der Waals surface area contributed by atoms with Gasteiger partial charge < -0.3 is 4.74 Å². The van der Waals surface area contributed by atoms with Gasteiger partial charge in [-0.05, 0) is 27.8 Å². The highest BCUT2D eigenvalue weighted by Gasteiger charge is 2.13. The number of nitrogens with zero attached hydrogens (tertiary/aromatic N) is 1. The Balaban J connectivity index is 3.86. The number of likely N-dealkylation sites (N-methyl/N-ethyl adjacent to an activating group) is 1. The number of nitrogens with one attached hydrogen (secondary N) is 1. The highest BCUT2D eigenvalue weighted by Crippen LogP contribution is 2.12. The zero-order valence-electron chi connectivity index (χ0n) is 9.48. The van der Waals surface area contributed by atoms with Gasteiger partial charge in [0.2, 0.25) is 0 Å². The van der Waals surface area contributed by atoms with E-state index >= 15 is 0 Å². The first-order valence-electron chi connectivity index (χ1n) is 4.68. The smallest absolute Gasteiger partial charge is 0.105 e. The third-order valence-corrected chi connectivity index (χ3v) is 1.52. The fourth-order valence-corrected chi connectivity index (χ4v) is 1.03. The summed E-state index contributed by atoms with van der Waals surface area (Å²) in [5.41, 5.74) is 2.91. The van der Waals surface area contributed by atoms with Crippen LogP contribution in [-0.2, 0) is 4.74 Å². The van der Waals surface area contributed by atoms with Crippen LogP contribution < -0.4 is 5.43 Å². The first-order valence-corrected chi connectivity index (χ1v) is 4.68. The highest BCUT2D eigenvalue weighted by atomic mass is 16.5. The summed E-state index contributed by atoms with van der Waals surface area (Å²) in [6.07, 6.45) is 0. The molecule has 13 heavy (non-hydrogen) atoms. The van der Waals surface area contributed by atoms with Gasteiger partial charge in [-0.15, -0.1) is 0 Å². The van der Waals surface area contributed by atoms with Crippen molar-refractivity contribution in [3.05, 3.63) is 12.3 Å². The molecule has 0 rings (SSSR count). The van der Waals surface area contributed by atoms with Crippen molar-refractivity contribution in [1.82, 2.24) is 10.4 Å². The van der Waals surface area contributed by atoms with Gasteiger partial charge in [-0.2, -0.15) is 0 Å².